The number of aromatic amines is 2. The SMILES string of the molecule is C.C.C.C.C.C.CCOC(=O)C(=NNc1ccccc1)C(=O)OCC.Nc1ccccc1.O=C(Cl)C(=NNc1ccccc1)C(=O)Cl.O=C(NCc1ccc(Cl)cc1)c1n[nH]c2ccccc2c1=O.O=C(O)C(=NNc1ccccc1)C(=O)O.O=C(O)c1n[nH]c2ccccc2c1=O.[CH3-].[CH3-].[CH3-].[CH3-].[CH3-].[CH3-].[Y].[Y].[Y].[Y].[Y].[Y]. The molecule has 2 heterocycles. The zero-order valence-corrected chi connectivity index (χ0v) is 77.0. The Kier molecular flexibility index (Phi) is 100. The molecule has 27 nitrogen and oxygen atoms in total. The number of nitrogens with two attached hydrogens (primary N) is 1. The van der Waals surface area contributed by atoms with Gasteiger partial charge in [-0.25, -0.2) is 24.0 Å². The fourth-order valence-electron chi connectivity index (χ4n) is 6.59. The van der Waals surface area contributed by atoms with Gasteiger partial charge >= 0.3 is 29.8 Å². The number of aliphatic carboxylic acids is 2. The summed E-state index contributed by atoms with van der Waals surface area (Å²) in [6.45, 7) is 3.89. The van der Waals surface area contributed by atoms with E-state index in [1.54, 1.807) is 166 Å². The fraction of sp³-hybridized carbons (Fsp3) is 0.149. The van der Waals surface area contributed by atoms with Gasteiger partial charge in [-0.2, -0.15) is 25.5 Å². The molecule has 0 bridgehead atoms. The first-order valence-corrected chi connectivity index (χ1v) is 27.7. The number of halogens is 3. The van der Waals surface area contributed by atoms with Crippen LogP contribution in [0.3, 0.4) is 0 Å². The Morgan fingerprint density at radius 3 is 1.05 bits per heavy atom. The number of amides is 1. The van der Waals surface area contributed by atoms with Crippen LogP contribution in [-0.4, -0.2) is 112 Å². The van der Waals surface area contributed by atoms with E-state index in [2.05, 4.69) is 57.3 Å². The molecule has 0 unspecified atom stereocenters. The standard InChI is InChI=1S/C16H12ClN3O2.C13H16N2O4.C9H6Cl2N2O2.C9H8N2O4.C9H6N2O3.C6H7N.6CH4.6CH3.6Y/c17-11-7-5-10(6-8-11)9-18-16(22)14-15(21)12-3-1-2-4-13(12)19-20-14;1-3-18-12(16)11(13(17)19-4-2)15-14-10-8-6-5-7-9-10;10-8(14)7(9(11)15)13-12-6-4-2-1-3-5-6;12-8(13)7(9(14)15)11-10-6-4-2-1-3-5-6;12-8-5-3-1-2-4-6(5)10-11-7(8)9(13)14;7-6-4-2-1-3-5-6;;;;;;;;;;;;;;;;;;/h1-8H,9H2,(H,18,22)(H,19,21);5-9,14H,3-4H2,1-2H3;1-5,12H;1-5,10H,(H,12,13)(H,14,15);1-4H,(H,10,12)(H,13,14);1-5H,7H2;6*1H4;6*1H3;;;;;;/q;;;;;;;;;;;;6*-1;;;;;;. The molecule has 0 aliphatic carbocycles. The molecule has 11 N–H and O–H groups in total. The molecule has 6 radical (unpaired) electrons. The van der Waals surface area contributed by atoms with Crippen molar-refractivity contribution in [3.05, 3.63) is 281 Å². The minimum Gasteiger partial charge on any atom is -0.476 e. The summed E-state index contributed by atoms with van der Waals surface area (Å²) in [5.74, 6) is -6.65. The predicted molar refractivity (Wildman–Crippen MR) is 427 cm³/mol. The Morgan fingerprint density at radius 1 is 0.436 bits per heavy atom. The largest absolute Gasteiger partial charge is 0.476 e. The van der Waals surface area contributed by atoms with E-state index in [-0.39, 0.29) is 310 Å². The number of aromatic carboxylic acids is 1. The van der Waals surface area contributed by atoms with E-state index >= 15 is 0 Å². The monoisotopic (exact) mass is 2030 g/mol. The summed E-state index contributed by atoms with van der Waals surface area (Å²) in [6.07, 6.45) is 0. The van der Waals surface area contributed by atoms with Crippen molar-refractivity contribution in [3.8, 4) is 0 Å². The summed E-state index contributed by atoms with van der Waals surface area (Å²) >= 11 is 16.0. The topological polar surface area (TPSA) is 418 Å². The Labute approximate surface area is 813 Å². The Morgan fingerprint density at radius 2 is 0.736 bits per heavy atom. The third kappa shape index (κ3) is 52.1. The number of carbonyl (C=O) groups is 8. The number of hydrogen-bond acceptors (Lipinski definition) is 21. The number of nitrogen functional groups attached to an aromatic ring is 1. The van der Waals surface area contributed by atoms with Crippen LogP contribution in [-0.2, 0) is 241 Å². The van der Waals surface area contributed by atoms with Gasteiger partial charge in [0.15, 0.2) is 5.69 Å². The third-order valence-electron chi connectivity index (χ3n) is 10.9. The summed E-state index contributed by atoms with van der Waals surface area (Å²) in [5.41, 5.74) is 13.9. The van der Waals surface area contributed by atoms with Gasteiger partial charge in [-0.05, 0) is 128 Å². The number of rotatable bonds is 18. The molecule has 2 aromatic heterocycles. The van der Waals surface area contributed by atoms with E-state index in [4.69, 9.17) is 65.3 Å². The second-order valence-corrected chi connectivity index (χ2v) is 18.5. The summed E-state index contributed by atoms with van der Waals surface area (Å²) in [7, 11) is 0. The van der Waals surface area contributed by atoms with Crippen LogP contribution in [0.1, 0.15) is 84.9 Å². The molecule has 0 atom stereocenters. The number of fused-ring (bicyclic) bond motifs is 2. The Hall–Kier alpha value is -5.32. The number of esters is 2. The van der Waals surface area contributed by atoms with Crippen LogP contribution < -0.4 is 38.2 Å². The van der Waals surface area contributed by atoms with Gasteiger partial charge in [0.25, 0.3) is 27.8 Å². The quantitative estimate of drug-likeness (QED) is 0.00725. The van der Waals surface area contributed by atoms with Crippen molar-refractivity contribution < 1.29 is 259 Å². The van der Waals surface area contributed by atoms with E-state index in [0.29, 0.717) is 50.4 Å². The van der Waals surface area contributed by atoms with Crippen molar-refractivity contribution >= 4 is 143 Å². The molecule has 0 aliphatic rings. The first-order valence-electron chi connectivity index (χ1n) is 26.5. The van der Waals surface area contributed by atoms with Gasteiger partial charge in [0.05, 0.1) is 41.3 Å². The number of carboxylic acids is 3. The maximum Gasteiger partial charge on any atom is 0.366 e. The number of para-hydroxylation sites is 6. The molecule has 1 amide bonds. The van der Waals surface area contributed by atoms with Crippen molar-refractivity contribution in [1.29, 1.82) is 0 Å². The van der Waals surface area contributed by atoms with Crippen molar-refractivity contribution in [2.75, 3.05) is 35.2 Å². The molecule has 0 aliphatic heterocycles. The second-order valence-electron chi connectivity index (χ2n) is 17.3. The summed E-state index contributed by atoms with van der Waals surface area (Å²) < 4.78 is 9.50. The van der Waals surface area contributed by atoms with E-state index in [1.165, 1.54) is 0 Å². The molecule has 36 heteroatoms. The minimum absolute atomic E-state index is 0. The first kappa shape index (κ1) is 140. The number of H-pyrrole nitrogens is 2. The fourth-order valence-corrected chi connectivity index (χ4v) is 7.02. The van der Waals surface area contributed by atoms with Gasteiger partial charge in [-0.3, -0.25) is 50.4 Å². The normalized spacial score (nSPS) is 8.08. The van der Waals surface area contributed by atoms with Crippen LogP contribution in [0.5, 0.6) is 0 Å². The van der Waals surface area contributed by atoms with E-state index < -0.39 is 74.5 Å². The van der Waals surface area contributed by atoms with E-state index in [1.807, 2.05) is 42.5 Å². The maximum atomic E-state index is 12.3. The molecule has 0 saturated heterocycles. The van der Waals surface area contributed by atoms with Crippen molar-refractivity contribution in [2.45, 2.75) is 65.0 Å². The van der Waals surface area contributed by atoms with Crippen LogP contribution >= 0.6 is 34.8 Å². The number of benzene rings is 7. The Balaban J connectivity index is -0.0000000746. The second kappa shape index (κ2) is 78.9. The van der Waals surface area contributed by atoms with Gasteiger partial charge in [0, 0.05) is 224 Å². The van der Waals surface area contributed by atoms with Crippen LogP contribution in [0.2, 0.25) is 5.02 Å². The third-order valence-corrected chi connectivity index (χ3v) is 11.5. The molecular formula is C74H97Cl3N12O15Y6-6. The number of aromatic nitrogens is 4. The number of nitrogens with one attached hydrogen (secondary N) is 6. The Bertz CT molecular complexity index is 4090. The molecule has 0 spiro atoms. The smallest absolute Gasteiger partial charge is 0.366 e. The van der Waals surface area contributed by atoms with Gasteiger partial charge in [-0.15, -0.1) is 0 Å². The number of hydrazone groups is 3. The summed E-state index contributed by atoms with van der Waals surface area (Å²) in [5, 5.41) is 50.7. The average molecular weight is 2030 g/mol. The van der Waals surface area contributed by atoms with Crippen LogP contribution in [0.15, 0.2) is 219 Å². The van der Waals surface area contributed by atoms with Gasteiger partial charge in [-0.1, -0.05) is 165 Å². The molecule has 0 saturated carbocycles. The summed E-state index contributed by atoms with van der Waals surface area (Å²) in [4.78, 5) is 112. The van der Waals surface area contributed by atoms with Gasteiger partial charge in [0.2, 0.25) is 22.3 Å². The molecule has 0 fully saturated rings. The van der Waals surface area contributed by atoms with Crippen molar-refractivity contribution in [2.24, 2.45) is 15.3 Å². The van der Waals surface area contributed by atoms with Crippen LogP contribution in [0, 0.1) is 44.6 Å². The zero-order chi connectivity index (χ0) is 67.4. The minimum atomic E-state index is -1.59. The molecule has 9 aromatic rings. The predicted octanol–water partition coefficient (Wildman–Crippen LogP) is 15.1. The van der Waals surface area contributed by atoms with Gasteiger partial charge in [0.1, 0.15) is 0 Å². The number of ether oxygens (including phenoxy) is 2. The first-order chi connectivity index (χ1) is 44.1. The zero-order valence-electron chi connectivity index (χ0n) is 57.7. The molecule has 9 rings (SSSR count). The van der Waals surface area contributed by atoms with Crippen molar-refractivity contribution in [1.82, 2.24) is 25.7 Å². The molecule has 7 aromatic carbocycles. The number of nitrogens with zero attached hydrogens (tertiary/aromatic N) is 5. The number of carboxylic acid groups (broad SMARTS) is 3. The molecule has 588 valence electrons. The number of anilines is 4. The number of carbonyl (C=O) groups excluding carboxylic acids is 5. The van der Waals surface area contributed by atoms with E-state index in [0.717, 1.165) is 11.3 Å². The average Bonchev–Trinajstić information content (AvgIpc) is 0.814. The van der Waals surface area contributed by atoms with E-state index in [9.17, 15) is 47.9 Å². The van der Waals surface area contributed by atoms with Crippen molar-refractivity contribution in [3.63, 3.8) is 0 Å². The molecule has 110 heavy (non-hydrogen) atoms. The molecular weight excluding hydrogens is 1940 g/mol. The summed E-state index contributed by atoms with van der Waals surface area (Å²) in [6, 6.07) is 56.3. The van der Waals surface area contributed by atoms with Crippen LogP contribution in [0.4, 0.5) is 22.7 Å². The number of hydrogen-bond donors (Lipinski definition) is 10. The van der Waals surface area contributed by atoms with Gasteiger partial charge < -0.3 is 80.4 Å². The van der Waals surface area contributed by atoms with Crippen LogP contribution in [0.25, 0.3) is 21.8 Å². The maximum absolute atomic E-state index is 12.3.